The van der Waals surface area contributed by atoms with Crippen LogP contribution in [0.4, 0.5) is 0 Å². The van der Waals surface area contributed by atoms with E-state index in [1.165, 1.54) is 0 Å². The van der Waals surface area contributed by atoms with E-state index in [2.05, 4.69) is 26.1 Å². The average molecular weight is 284 g/mol. The molecule has 0 spiro atoms. The van der Waals surface area contributed by atoms with E-state index in [4.69, 9.17) is 5.73 Å². The number of halogens is 1. The first-order chi connectivity index (χ1) is 7.63. The van der Waals surface area contributed by atoms with Crippen LogP contribution in [0.1, 0.15) is 17.1 Å². The molecule has 0 bridgehead atoms. The zero-order valence-electron chi connectivity index (χ0n) is 9.31. The van der Waals surface area contributed by atoms with Gasteiger partial charge in [0.25, 0.3) is 0 Å². The van der Waals surface area contributed by atoms with Gasteiger partial charge in [0.15, 0.2) is 0 Å². The second kappa shape index (κ2) is 4.39. The molecule has 0 amide bonds. The molecule has 0 unspecified atom stereocenters. The monoisotopic (exact) mass is 283 g/mol. The molecule has 0 saturated heterocycles. The van der Waals surface area contributed by atoms with Crippen molar-refractivity contribution in [2.75, 3.05) is 0 Å². The summed E-state index contributed by atoms with van der Waals surface area (Å²) in [7, 11) is 1.93. The van der Waals surface area contributed by atoms with Crippen LogP contribution in [0.15, 0.2) is 16.7 Å². The molecule has 0 aliphatic rings. The van der Waals surface area contributed by atoms with Gasteiger partial charge in [-0.3, -0.25) is 9.36 Å². The Morgan fingerprint density at radius 1 is 1.50 bits per heavy atom. The van der Waals surface area contributed by atoms with E-state index in [0.29, 0.717) is 13.1 Å². The normalized spacial score (nSPS) is 11.0. The third-order valence-corrected chi connectivity index (χ3v) is 3.61. The minimum atomic E-state index is 0.494. The lowest BCUT2D eigenvalue weighted by Gasteiger charge is -2.06. The predicted octanol–water partition coefficient (Wildman–Crippen LogP) is 1.19. The van der Waals surface area contributed by atoms with Crippen molar-refractivity contribution < 1.29 is 0 Å². The maximum atomic E-state index is 5.64. The lowest BCUT2D eigenvalue weighted by Crippen LogP contribution is -2.12. The van der Waals surface area contributed by atoms with E-state index >= 15 is 0 Å². The van der Waals surface area contributed by atoms with E-state index in [-0.39, 0.29) is 0 Å². The molecule has 0 atom stereocenters. The summed E-state index contributed by atoms with van der Waals surface area (Å²) in [6, 6.07) is 1.93. The summed E-state index contributed by atoms with van der Waals surface area (Å²) in [6.45, 7) is 3.15. The zero-order chi connectivity index (χ0) is 11.7. The van der Waals surface area contributed by atoms with Crippen LogP contribution in [0.3, 0.4) is 0 Å². The fourth-order valence-electron chi connectivity index (χ4n) is 1.67. The van der Waals surface area contributed by atoms with Crippen LogP contribution < -0.4 is 5.73 Å². The molecule has 16 heavy (non-hydrogen) atoms. The average Bonchev–Trinajstić information content (AvgIpc) is 2.79. The number of aromatic nitrogens is 4. The minimum Gasteiger partial charge on any atom is -0.325 e. The van der Waals surface area contributed by atoms with Crippen molar-refractivity contribution in [1.82, 2.24) is 19.6 Å². The number of aryl methyl sites for hydroxylation is 2. The molecule has 2 aromatic rings. The lowest BCUT2D eigenvalue weighted by molar-refractivity contribution is 0.595. The van der Waals surface area contributed by atoms with Gasteiger partial charge in [0.2, 0.25) is 0 Å². The quantitative estimate of drug-likeness (QED) is 0.921. The van der Waals surface area contributed by atoms with Gasteiger partial charge in [0.1, 0.15) is 0 Å². The molecule has 2 rings (SSSR count). The molecule has 0 aliphatic heterocycles. The van der Waals surface area contributed by atoms with Gasteiger partial charge in [-0.2, -0.15) is 10.2 Å². The standard InChI is InChI=1S/C10H14BrN5/c1-7-10(11)9(15(2)14-7)6-16-8(5-12)3-4-13-16/h3-4H,5-6,12H2,1-2H3. The Bertz CT molecular complexity index is 499. The number of hydrogen-bond donors (Lipinski definition) is 1. The largest absolute Gasteiger partial charge is 0.325 e. The van der Waals surface area contributed by atoms with E-state index in [9.17, 15) is 0 Å². The summed E-state index contributed by atoms with van der Waals surface area (Å²) in [5, 5.41) is 8.59. The summed E-state index contributed by atoms with van der Waals surface area (Å²) >= 11 is 3.54. The summed E-state index contributed by atoms with van der Waals surface area (Å²) < 4.78 is 4.79. The van der Waals surface area contributed by atoms with Crippen LogP contribution in [0.25, 0.3) is 0 Å². The van der Waals surface area contributed by atoms with Gasteiger partial charge in [0, 0.05) is 19.8 Å². The van der Waals surface area contributed by atoms with Gasteiger partial charge in [0.05, 0.1) is 28.1 Å². The van der Waals surface area contributed by atoms with E-state index < -0.39 is 0 Å². The zero-order valence-corrected chi connectivity index (χ0v) is 10.9. The highest BCUT2D eigenvalue weighted by molar-refractivity contribution is 9.10. The molecule has 0 aliphatic carbocycles. The third kappa shape index (κ3) is 1.90. The van der Waals surface area contributed by atoms with Crippen LogP contribution >= 0.6 is 15.9 Å². The topological polar surface area (TPSA) is 61.7 Å². The molecule has 0 saturated carbocycles. The first-order valence-electron chi connectivity index (χ1n) is 5.02. The minimum absolute atomic E-state index is 0.494. The maximum absolute atomic E-state index is 5.64. The molecule has 0 aromatic carbocycles. The Morgan fingerprint density at radius 2 is 2.25 bits per heavy atom. The molecule has 86 valence electrons. The van der Waals surface area contributed by atoms with E-state index in [1.807, 2.05) is 29.4 Å². The van der Waals surface area contributed by atoms with Crippen molar-refractivity contribution in [3.05, 3.63) is 33.8 Å². The third-order valence-electron chi connectivity index (χ3n) is 2.57. The van der Waals surface area contributed by atoms with Crippen molar-refractivity contribution >= 4 is 15.9 Å². The first kappa shape index (κ1) is 11.3. The van der Waals surface area contributed by atoms with Gasteiger partial charge in [-0.05, 0) is 28.9 Å². The molecule has 0 radical (unpaired) electrons. The van der Waals surface area contributed by atoms with Crippen molar-refractivity contribution in [1.29, 1.82) is 0 Å². The molecule has 2 heterocycles. The number of rotatable bonds is 3. The van der Waals surface area contributed by atoms with Crippen LogP contribution in [-0.2, 0) is 20.1 Å². The smallest absolute Gasteiger partial charge is 0.0843 e. The molecule has 2 aromatic heterocycles. The van der Waals surface area contributed by atoms with Gasteiger partial charge in [-0.1, -0.05) is 0 Å². The van der Waals surface area contributed by atoms with Crippen molar-refractivity contribution in [3.8, 4) is 0 Å². The van der Waals surface area contributed by atoms with Gasteiger partial charge < -0.3 is 5.73 Å². The number of nitrogens with two attached hydrogens (primary N) is 1. The highest BCUT2D eigenvalue weighted by Gasteiger charge is 2.12. The Kier molecular flexibility index (Phi) is 3.11. The summed E-state index contributed by atoms with van der Waals surface area (Å²) in [4.78, 5) is 0. The summed E-state index contributed by atoms with van der Waals surface area (Å²) in [5.41, 5.74) is 8.73. The SMILES string of the molecule is Cc1nn(C)c(Cn2nccc2CN)c1Br. The highest BCUT2D eigenvalue weighted by Crippen LogP contribution is 2.21. The second-order valence-electron chi connectivity index (χ2n) is 3.65. The fraction of sp³-hybridized carbons (Fsp3) is 0.400. The summed E-state index contributed by atoms with van der Waals surface area (Å²) in [5.74, 6) is 0. The second-order valence-corrected chi connectivity index (χ2v) is 4.45. The number of hydrogen-bond acceptors (Lipinski definition) is 3. The molecular weight excluding hydrogens is 270 g/mol. The Hall–Kier alpha value is -1.14. The van der Waals surface area contributed by atoms with Crippen LogP contribution in [-0.4, -0.2) is 19.6 Å². The molecule has 5 nitrogen and oxygen atoms in total. The highest BCUT2D eigenvalue weighted by atomic mass is 79.9. The van der Waals surface area contributed by atoms with Crippen molar-refractivity contribution in [3.63, 3.8) is 0 Å². The predicted molar refractivity (Wildman–Crippen MR) is 64.9 cm³/mol. The van der Waals surface area contributed by atoms with E-state index in [1.54, 1.807) is 6.20 Å². The Balaban J connectivity index is 2.34. The first-order valence-corrected chi connectivity index (χ1v) is 5.81. The van der Waals surface area contributed by atoms with Gasteiger partial charge in [-0.15, -0.1) is 0 Å². The fourth-order valence-corrected chi connectivity index (χ4v) is 2.13. The molecule has 6 heteroatoms. The Labute approximate surface area is 102 Å². The van der Waals surface area contributed by atoms with Gasteiger partial charge >= 0.3 is 0 Å². The molecule has 2 N–H and O–H groups in total. The summed E-state index contributed by atoms with van der Waals surface area (Å²) in [6.07, 6.45) is 1.76. The van der Waals surface area contributed by atoms with Crippen molar-refractivity contribution in [2.24, 2.45) is 12.8 Å². The van der Waals surface area contributed by atoms with Crippen molar-refractivity contribution in [2.45, 2.75) is 20.0 Å². The molecular formula is C10H14BrN5. The van der Waals surface area contributed by atoms with E-state index in [0.717, 1.165) is 21.6 Å². The number of nitrogens with zero attached hydrogens (tertiary/aromatic N) is 4. The van der Waals surface area contributed by atoms with Crippen LogP contribution in [0.2, 0.25) is 0 Å². The Morgan fingerprint density at radius 3 is 2.81 bits per heavy atom. The lowest BCUT2D eigenvalue weighted by atomic mass is 10.3. The van der Waals surface area contributed by atoms with Crippen LogP contribution in [0.5, 0.6) is 0 Å². The maximum Gasteiger partial charge on any atom is 0.0843 e. The molecule has 0 fully saturated rings. The van der Waals surface area contributed by atoms with Crippen LogP contribution in [0, 0.1) is 6.92 Å². The van der Waals surface area contributed by atoms with Gasteiger partial charge in [-0.25, -0.2) is 0 Å².